The molecule has 1 fully saturated rings. The lowest BCUT2D eigenvalue weighted by Gasteiger charge is -2.33. The summed E-state index contributed by atoms with van der Waals surface area (Å²) in [5, 5.41) is 2.83. The second kappa shape index (κ2) is 8.97. The Bertz CT molecular complexity index is 1290. The number of rotatable bonds is 6. The molecule has 0 radical (unpaired) electrons. The van der Waals surface area contributed by atoms with E-state index in [-0.39, 0.29) is 66.9 Å². The standard InChI is InChI=1S/C21H21N3O7S/c25-16-14-19(31-17-5-2-1-4-15(16)17)20(26)22-7-13-32(28,29)24-10-8-23(9-11-24)21(27)18-6-3-12-30-18/h1-6,12,14H,7-11,13H2,(H,22,26). The average Bonchev–Trinajstić information content (AvgIpc) is 3.33. The topological polar surface area (TPSA) is 130 Å². The van der Waals surface area contributed by atoms with Gasteiger partial charge in [-0.1, -0.05) is 12.1 Å². The van der Waals surface area contributed by atoms with Gasteiger partial charge >= 0.3 is 0 Å². The van der Waals surface area contributed by atoms with Crippen molar-refractivity contribution in [2.45, 2.75) is 0 Å². The summed E-state index contributed by atoms with van der Waals surface area (Å²) in [4.78, 5) is 38.3. The van der Waals surface area contributed by atoms with Crippen LogP contribution in [0.2, 0.25) is 0 Å². The van der Waals surface area contributed by atoms with Crippen LogP contribution in [0, 0.1) is 0 Å². The molecule has 1 aliphatic heterocycles. The number of sulfonamides is 1. The van der Waals surface area contributed by atoms with Gasteiger partial charge in [-0.25, -0.2) is 8.42 Å². The Morgan fingerprint density at radius 1 is 1.00 bits per heavy atom. The zero-order chi connectivity index (χ0) is 22.7. The van der Waals surface area contributed by atoms with Crippen LogP contribution in [-0.2, 0) is 10.0 Å². The Morgan fingerprint density at radius 2 is 1.75 bits per heavy atom. The highest BCUT2D eigenvalue weighted by Gasteiger charge is 2.30. The van der Waals surface area contributed by atoms with Crippen LogP contribution >= 0.6 is 0 Å². The van der Waals surface area contributed by atoms with Gasteiger partial charge in [0.1, 0.15) is 5.58 Å². The Morgan fingerprint density at radius 3 is 2.47 bits per heavy atom. The van der Waals surface area contributed by atoms with E-state index in [0.29, 0.717) is 5.39 Å². The van der Waals surface area contributed by atoms with E-state index < -0.39 is 15.9 Å². The number of carbonyl (C=O) groups is 2. The minimum atomic E-state index is -3.64. The van der Waals surface area contributed by atoms with Gasteiger partial charge in [0, 0.05) is 38.8 Å². The molecule has 3 heterocycles. The van der Waals surface area contributed by atoms with Crippen LogP contribution < -0.4 is 10.7 Å². The fourth-order valence-electron chi connectivity index (χ4n) is 3.45. The molecule has 4 rings (SSSR count). The summed E-state index contributed by atoms with van der Waals surface area (Å²) in [7, 11) is -3.64. The minimum absolute atomic E-state index is 0.150. The third-order valence-electron chi connectivity index (χ3n) is 5.16. The van der Waals surface area contributed by atoms with Crippen LogP contribution in [0.15, 0.2) is 62.4 Å². The van der Waals surface area contributed by atoms with E-state index in [0.717, 1.165) is 6.07 Å². The van der Waals surface area contributed by atoms with Gasteiger partial charge in [0.25, 0.3) is 11.8 Å². The van der Waals surface area contributed by atoms with Crippen molar-refractivity contribution in [3.8, 4) is 0 Å². The van der Waals surface area contributed by atoms with Crippen molar-refractivity contribution in [1.82, 2.24) is 14.5 Å². The molecule has 10 nitrogen and oxygen atoms in total. The number of para-hydroxylation sites is 1. The van der Waals surface area contributed by atoms with Gasteiger partial charge in [0.05, 0.1) is 17.4 Å². The molecule has 1 aliphatic rings. The van der Waals surface area contributed by atoms with Crippen molar-refractivity contribution in [2.75, 3.05) is 38.5 Å². The molecule has 11 heteroatoms. The summed E-state index contributed by atoms with van der Waals surface area (Å²) in [5.41, 5.74) is -0.0775. The third-order valence-corrected chi connectivity index (χ3v) is 7.03. The van der Waals surface area contributed by atoms with Crippen LogP contribution in [0.4, 0.5) is 0 Å². The predicted molar refractivity (Wildman–Crippen MR) is 115 cm³/mol. The van der Waals surface area contributed by atoms with Crippen molar-refractivity contribution in [3.63, 3.8) is 0 Å². The number of benzene rings is 1. The van der Waals surface area contributed by atoms with Gasteiger partial charge in [-0.3, -0.25) is 14.4 Å². The quantitative estimate of drug-likeness (QED) is 0.580. The molecule has 1 aromatic carbocycles. The number of fused-ring (bicyclic) bond motifs is 1. The van der Waals surface area contributed by atoms with Gasteiger partial charge in [-0.15, -0.1) is 0 Å². The highest BCUT2D eigenvalue weighted by molar-refractivity contribution is 7.89. The Balaban J connectivity index is 1.30. The molecule has 0 aliphatic carbocycles. The van der Waals surface area contributed by atoms with Crippen molar-refractivity contribution >= 4 is 32.8 Å². The van der Waals surface area contributed by atoms with Crippen molar-refractivity contribution in [1.29, 1.82) is 0 Å². The molecule has 1 N–H and O–H groups in total. The molecule has 3 aromatic rings. The zero-order valence-corrected chi connectivity index (χ0v) is 17.8. The van der Waals surface area contributed by atoms with E-state index in [2.05, 4.69) is 5.32 Å². The van der Waals surface area contributed by atoms with Crippen LogP contribution in [0.1, 0.15) is 21.1 Å². The highest BCUT2D eigenvalue weighted by atomic mass is 32.2. The van der Waals surface area contributed by atoms with E-state index in [1.807, 2.05) is 0 Å². The Kier molecular flexibility index (Phi) is 6.10. The fourth-order valence-corrected chi connectivity index (χ4v) is 4.79. The lowest BCUT2D eigenvalue weighted by Crippen LogP contribution is -2.51. The maximum atomic E-state index is 12.6. The first kappa shape index (κ1) is 21.8. The molecule has 0 unspecified atom stereocenters. The van der Waals surface area contributed by atoms with Gasteiger partial charge in [-0.2, -0.15) is 4.31 Å². The summed E-state index contributed by atoms with van der Waals surface area (Å²) in [6.07, 6.45) is 1.41. The first-order valence-corrected chi connectivity index (χ1v) is 11.6. The van der Waals surface area contributed by atoms with Crippen LogP contribution in [-0.4, -0.2) is 67.9 Å². The maximum absolute atomic E-state index is 12.6. The van der Waals surface area contributed by atoms with E-state index in [1.165, 1.54) is 15.5 Å². The molecule has 32 heavy (non-hydrogen) atoms. The molecule has 1 saturated heterocycles. The molecular weight excluding hydrogens is 438 g/mol. The number of piperazine rings is 1. The van der Waals surface area contributed by atoms with Crippen LogP contribution in [0.25, 0.3) is 11.0 Å². The van der Waals surface area contributed by atoms with Gasteiger partial charge < -0.3 is 19.1 Å². The number of hydrogen-bond donors (Lipinski definition) is 1. The number of carbonyl (C=O) groups excluding carboxylic acids is 2. The lowest BCUT2D eigenvalue weighted by atomic mass is 10.2. The first-order chi connectivity index (χ1) is 15.3. The Hall–Kier alpha value is -3.44. The summed E-state index contributed by atoms with van der Waals surface area (Å²) >= 11 is 0. The van der Waals surface area contributed by atoms with Gasteiger partial charge in [0.2, 0.25) is 10.0 Å². The summed E-state index contributed by atoms with van der Waals surface area (Å²) in [6.45, 7) is 0.647. The van der Waals surface area contributed by atoms with Crippen LogP contribution in [0.5, 0.6) is 0 Å². The number of nitrogens with one attached hydrogen (secondary N) is 1. The second-order valence-corrected chi connectivity index (χ2v) is 9.30. The second-order valence-electron chi connectivity index (χ2n) is 7.21. The van der Waals surface area contributed by atoms with Crippen molar-refractivity contribution in [2.24, 2.45) is 0 Å². The van der Waals surface area contributed by atoms with E-state index in [1.54, 1.807) is 36.4 Å². The Labute approximate surface area is 183 Å². The molecule has 2 amide bonds. The predicted octanol–water partition coefficient (Wildman–Crippen LogP) is 0.904. The zero-order valence-electron chi connectivity index (χ0n) is 17.0. The van der Waals surface area contributed by atoms with Gasteiger partial charge in [-0.05, 0) is 24.3 Å². The number of hydrogen-bond acceptors (Lipinski definition) is 7. The summed E-state index contributed by atoms with van der Waals surface area (Å²) in [5.74, 6) is -1.24. The van der Waals surface area contributed by atoms with Crippen molar-refractivity contribution < 1.29 is 26.8 Å². The van der Waals surface area contributed by atoms with Crippen LogP contribution in [0.3, 0.4) is 0 Å². The summed E-state index contributed by atoms with van der Waals surface area (Å²) < 4.78 is 37.1. The van der Waals surface area contributed by atoms with E-state index >= 15 is 0 Å². The SMILES string of the molecule is O=C(NCCS(=O)(=O)N1CCN(C(=O)c2ccco2)CC1)c1cc(=O)c2ccccc2o1. The smallest absolute Gasteiger partial charge is 0.289 e. The molecule has 0 bridgehead atoms. The fraction of sp³-hybridized carbons (Fsp3) is 0.286. The maximum Gasteiger partial charge on any atom is 0.289 e. The average molecular weight is 459 g/mol. The normalized spacial score (nSPS) is 15.1. The number of furan rings is 1. The lowest BCUT2D eigenvalue weighted by molar-refractivity contribution is 0.0665. The number of nitrogens with zero attached hydrogens (tertiary/aromatic N) is 2. The van der Waals surface area contributed by atoms with E-state index in [9.17, 15) is 22.8 Å². The monoisotopic (exact) mass is 459 g/mol. The van der Waals surface area contributed by atoms with Crippen molar-refractivity contribution in [3.05, 3.63) is 70.5 Å². The summed E-state index contributed by atoms with van der Waals surface area (Å²) in [6, 6.07) is 10.8. The molecule has 0 atom stereocenters. The first-order valence-electron chi connectivity index (χ1n) is 9.97. The van der Waals surface area contributed by atoms with Gasteiger partial charge in [0.15, 0.2) is 16.9 Å². The molecule has 2 aromatic heterocycles. The number of amides is 2. The largest absolute Gasteiger partial charge is 0.459 e. The third kappa shape index (κ3) is 4.58. The molecule has 168 valence electrons. The minimum Gasteiger partial charge on any atom is -0.459 e. The molecular formula is C21H21N3O7S. The molecule has 0 spiro atoms. The van der Waals surface area contributed by atoms with E-state index in [4.69, 9.17) is 8.83 Å². The molecule has 0 saturated carbocycles. The highest BCUT2D eigenvalue weighted by Crippen LogP contribution is 2.13.